The zero-order chi connectivity index (χ0) is 25.9. The normalized spacial score (nSPS) is 19.8. The summed E-state index contributed by atoms with van der Waals surface area (Å²) in [7, 11) is -2.30. The van der Waals surface area contributed by atoms with Crippen molar-refractivity contribution in [2.24, 2.45) is 5.92 Å². The number of benzene rings is 2. The van der Waals surface area contributed by atoms with Crippen molar-refractivity contribution in [2.45, 2.75) is 37.5 Å². The molecule has 2 heterocycles. The standard InChI is InChI=1S/C26H33N3O6S/c1-4-18(2)21-7-5-6-8-23(21)29-17-19(15-25(29)30)26(31)27-22-16-20(9-10-24(22)34-3)36(32,33)28-11-13-35-14-12-28/h5-10,16,18-19H,4,11-15,17H2,1-3H3,(H,27,31)/t18-,19-/m0/s1. The summed E-state index contributed by atoms with van der Waals surface area (Å²) in [4.78, 5) is 27.9. The first kappa shape index (κ1) is 26.1. The van der Waals surface area contributed by atoms with Crippen LogP contribution < -0.4 is 15.0 Å². The van der Waals surface area contributed by atoms with E-state index in [1.165, 1.54) is 29.6 Å². The molecule has 2 aromatic rings. The molecular weight excluding hydrogens is 482 g/mol. The predicted molar refractivity (Wildman–Crippen MR) is 137 cm³/mol. The lowest BCUT2D eigenvalue weighted by Crippen LogP contribution is -2.40. The molecule has 2 amide bonds. The molecule has 2 atom stereocenters. The molecule has 2 aromatic carbocycles. The topological polar surface area (TPSA) is 105 Å². The Morgan fingerprint density at radius 1 is 1.19 bits per heavy atom. The number of hydrogen-bond donors (Lipinski definition) is 1. The highest BCUT2D eigenvalue weighted by atomic mass is 32.2. The van der Waals surface area contributed by atoms with E-state index in [1.807, 2.05) is 24.3 Å². The van der Waals surface area contributed by atoms with Crippen LogP contribution in [0, 0.1) is 5.92 Å². The van der Waals surface area contributed by atoms with Crippen LogP contribution in [0.5, 0.6) is 5.75 Å². The third kappa shape index (κ3) is 5.25. The highest BCUT2D eigenvalue weighted by Crippen LogP contribution is 2.35. The Bertz CT molecular complexity index is 1230. The zero-order valence-electron chi connectivity index (χ0n) is 20.9. The summed E-state index contributed by atoms with van der Waals surface area (Å²) >= 11 is 0. The number of morpholine rings is 1. The molecule has 9 nitrogen and oxygen atoms in total. The van der Waals surface area contributed by atoms with E-state index >= 15 is 0 Å². The van der Waals surface area contributed by atoms with Crippen LogP contribution in [0.4, 0.5) is 11.4 Å². The molecule has 4 rings (SSSR count). The van der Waals surface area contributed by atoms with Crippen LogP contribution in [0.1, 0.15) is 38.2 Å². The van der Waals surface area contributed by atoms with E-state index in [0.717, 1.165) is 17.7 Å². The van der Waals surface area contributed by atoms with Crippen LogP contribution >= 0.6 is 0 Å². The molecule has 2 aliphatic rings. The number of ether oxygens (including phenoxy) is 2. The van der Waals surface area contributed by atoms with Gasteiger partial charge in [-0.3, -0.25) is 9.59 Å². The number of anilines is 2. The van der Waals surface area contributed by atoms with Crippen LogP contribution in [0.25, 0.3) is 0 Å². The quantitative estimate of drug-likeness (QED) is 0.579. The second-order valence-corrected chi connectivity index (χ2v) is 11.1. The van der Waals surface area contributed by atoms with E-state index in [2.05, 4.69) is 19.2 Å². The van der Waals surface area contributed by atoms with Gasteiger partial charge in [0.1, 0.15) is 5.75 Å². The van der Waals surface area contributed by atoms with Crippen molar-refractivity contribution in [3.05, 3.63) is 48.0 Å². The Morgan fingerprint density at radius 3 is 2.61 bits per heavy atom. The highest BCUT2D eigenvalue weighted by Gasteiger charge is 2.37. The van der Waals surface area contributed by atoms with Crippen molar-refractivity contribution in [3.8, 4) is 5.75 Å². The minimum absolute atomic E-state index is 0.0621. The molecule has 0 radical (unpaired) electrons. The molecule has 0 unspecified atom stereocenters. The number of sulfonamides is 1. The van der Waals surface area contributed by atoms with Gasteiger partial charge in [0, 0.05) is 31.7 Å². The van der Waals surface area contributed by atoms with Crippen LogP contribution in [-0.4, -0.2) is 64.5 Å². The van der Waals surface area contributed by atoms with E-state index in [4.69, 9.17) is 9.47 Å². The molecule has 194 valence electrons. The lowest BCUT2D eigenvalue weighted by molar-refractivity contribution is -0.122. The number of rotatable bonds is 8. The van der Waals surface area contributed by atoms with Gasteiger partial charge >= 0.3 is 0 Å². The Balaban J connectivity index is 1.54. The molecule has 2 saturated heterocycles. The fourth-order valence-corrected chi connectivity index (χ4v) is 6.04. The number of nitrogens with one attached hydrogen (secondary N) is 1. The second-order valence-electron chi connectivity index (χ2n) is 9.14. The van der Waals surface area contributed by atoms with E-state index in [-0.39, 0.29) is 54.4 Å². The number of amides is 2. The fraction of sp³-hybridized carbons (Fsp3) is 0.462. The summed E-state index contributed by atoms with van der Waals surface area (Å²) in [5.74, 6) is -0.422. The lowest BCUT2D eigenvalue weighted by atomic mass is 9.96. The van der Waals surface area contributed by atoms with E-state index in [0.29, 0.717) is 19.0 Å². The Kier molecular flexibility index (Phi) is 7.97. The van der Waals surface area contributed by atoms with Crippen molar-refractivity contribution < 1.29 is 27.5 Å². The molecule has 1 N–H and O–H groups in total. The summed E-state index contributed by atoms with van der Waals surface area (Å²) < 4.78 is 38.2. The number of methoxy groups -OCH3 is 1. The summed E-state index contributed by atoms with van der Waals surface area (Å²) in [5, 5.41) is 2.81. The van der Waals surface area contributed by atoms with Gasteiger partial charge in [-0.1, -0.05) is 32.0 Å². The summed E-state index contributed by atoms with van der Waals surface area (Å²) in [6.07, 6.45) is 1.02. The smallest absolute Gasteiger partial charge is 0.243 e. The minimum atomic E-state index is -3.75. The first-order valence-corrected chi connectivity index (χ1v) is 13.7. The van der Waals surface area contributed by atoms with E-state index in [1.54, 1.807) is 4.90 Å². The number of hydrogen-bond acceptors (Lipinski definition) is 6. The third-order valence-electron chi connectivity index (χ3n) is 6.90. The summed E-state index contributed by atoms with van der Waals surface area (Å²) in [6, 6.07) is 12.2. The van der Waals surface area contributed by atoms with Crippen molar-refractivity contribution in [1.82, 2.24) is 4.31 Å². The van der Waals surface area contributed by atoms with Crippen LogP contribution in [0.3, 0.4) is 0 Å². The van der Waals surface area contributed by atoms with Crippen LogP contribution in [0.15, 0.2) is 47.4 Å². The first-order valence-electron chi connectivity index (χ1n) is 12.2. The van der Waals surface area contributed by atoms with Gasteiger partial charge in [0.25, 0.3) is 0 Å². The molecule has 0 aromatic heterocycles. The lowest BCUT2D eigenvalue weighted by Gasteiger charge is -2.26. The summed E-state index contributed by atoms with van der Waals surface area (Å²) in [5.41, 5.74) is 2.17. The van der Waals surface area contributed by atoms with Gasteiger partial charge in [-0.05, 0) is 42.2 Å². The molecule has 0 spiro atoms. The molecule has 2 fully saturated rings. The van der Waals surface area contributed by atoms with Gasteiger partial charge in [-0.25, -0.2) is 8.42 Å². The third-order valence-corrected chi connectivity index (χ3v) is 8.80. The molecule has 2 aliphatic heterocycles. The van der Waals surface area contributed by atoms with Gasteiger partial charge in [0.2, 0.25) is 21.8 Å². The van der Waals surface area contributed by atoms with Gasteiger partial charge in [-0.2, -0.15) is 4.31 Å². The highest BCUT2D eigenvalue weighted by molar-refractivity contribution is 7.89. The van der Waals surface area contributed by atoms with Crippen molar-refractivity contribution in [3.63, 3.8) is 0 Å². The monoisotopic (exact) mass is 515 g/mol. The van der Waals surface area contributed by atoms with Crippen molar-refractivity contribution in [2.75, 3.05) is 50.2 Å². The molecule has 10 heteroatoms. The average Bonchev–Trinajstić information content (AvgIpc) is 3.30. The number of nitrogens with zero attached hydrogens (tertiary/aromatic N) is 2. The molecule has 0 bridgehead atoms. The number of carbonyl (C=O) groups is 2. The largest absolute Gasteiger partial charge is 0.495 e. The van der Waals surface area contributed by atoms with E-state index < -0.39 is 15.9 Å². The van der Waals surface area contributed by atoms with Crippen LogP contribution in [0.2, 0.25) is 0 Å². The van der Waals surface area contributed by atoms with Crippen molar-refractivity contribution in [1.29, 1.82) is 0 Å². The van der Waals surface area contributed by atoms with Crippen LogP contribution in [-0.2, 0) is 24.3 Å². The molecular formula is C26H33N3O6S. The molecule has 0 saturated carbocycles. The second kappa shape index (κ2) is 11.0. The SMILES string of the molecule is CC[C@H](C)c1ccccc1N1C[C@@H](C(=O)Nc2cc(S(=O)(=O)N3CCOCC3)ccc2OC)CC1=O. The molecule has 0 aliphatic carbocycles. The number of para-hydroxylation sites is 1. The number of carbonyl (C=O) groups excluding carboxylic acids is 2. The maximum atomic E-state index is 13.2. The van der Waals surface area contributed by atoms with Gasteiger partial charge in [-0.15, -0.1) is 0 Å². The average molecular weight is 516 g/mol. The first-order chi connectivity index (χ1) is 17.3. The Labute approximate surface area is 212 Å². The van der Waals surface area contributed by atoms with Gasteiger partial charge in [0.15, 0.2) is 0 Å². The Hall–Kier alpha value is -2.95. The predicted octanol–water partition coefficient (Wildman–Crippen LogP) is 3.22. The van der Waals surface area contributed by atoms with E-state index in [9.17, 15) is 18.0 Å². The Morgan fingerprint density at radius 2 is 1.92 bits per heavy atom. The maximum absolute atomic E-state index is 13.2. The van der Waals surface area contributed by atoms with Gasteiger partial charge in [0.05, 0.1) is 36.8 Å². The summed E-state index contributed by atoms with van der Waals surface area (Å²) in [6.45, 7) is 5.70. The van der Waals surface area contributed by atoms with Crippen molar-refractivity contribution >= 4 is 33.2 Å². The zero-order valence-corrected chi connectivity index (χ0v) is 21.7. The molecule has 36 heavy (non-hydrogen) atoms. The van der Waals surface area contributed by atoms with Gasteiger partial charge < -0.3 is 19.7 Å². The fourth-order valence-electron chi connectivity index (χ4n) is 4.60. The maximum Gasteiger partial charge on any atom is 0.243 e. The minimum Gasteiger partial charge on any atom is -0.495 e.